The van der Waals surface area contributed by atoms with Crippen molar-refractivity contribution in [3.63, 3.8) is 0 Å². The smallest absolute Gasteiger partial charge is 0.343 e. The van der Waals surface area contributed by atoms with Gasteiger partial charge in [0.15, 0.2) is 12.7 Å². The normalized spacial score (nSPS) is 10.3. The van der Waals surface area contributed by atoms with Gasteiger partial charge in [0.25, 0.3) is 0 Å². The number of nitrogens with zero attached hydrogens (tertiary/aromatic N) is 1. The van der Waals surface area contributed by atoms with Crippen LogP contribution in [-0.4, -0.2) is 13.1 Å². The van der Waals surface area contributed by atoms with Gasteiger partial charge in [0.2, 0.25) is 5.52 Å². The molecule has 1 aromatic carbocycles. The van der Waals surface area contributed by atoms with Crippen LogP contribution in [0.4, 0.5) is 0 Å². The summed E-state index contributed by atoms with van der Waals surface area (Å²) in [5.41, 5.74) is 2.93. The Labute approximate surface area is 113 Å². The number of pyridine rings is 1. The number of benzene rings is 1. The molecule has 1 heterocycles. The second-order valence-corrected chi connectivity index (χ2v) is 4.71. The number of allylic oxidation sites excluding steroid dienone is 2. The van der Waals surface area contributed by atoms with Crippen LogP contribution < -0.4 is 4.57 Å². The standard InChI is InChI=1S/C16H18NO2/c1-12(2)8-9-17-11-14(16(18)19-3)10-13-6-4-5-7-15(13)17/h4-8,10-11H,9H2,1-3H3/q+1. The van der Waals surface area contributed by atoms with Crippen molar-refractivity contribution in [2.75, 3.05) is 7.11 Å². The van der Waals surface area contributed by atoms with Crippen LogP contribution in [0.25, 0.3) is 10.9 Å². The minimum absolute atomic E-state index is 0.309. The van der Waals surface area contributed by atoms with Crippen molar-refractivity contribution in [2.45, 2.75) is 20.4 Å². The van der Waals surface area contributed by atoms with Gasteiger partial charge >= 0.3 is 5.97 Å². The maximum Gasteiger partial charge on any atom is 0.343 e. The quantitative estimate of drug-likeness (QED) is 0.480. The molecule has 0 aliphatic heterocycles. The summed E-state index contributed by atoms with van der Waals surface area (Å²) in [7, 11) is 1.40. The number of fused-ring (bicyclic) bond motifs is 1. The lowest BCUT2D eigenvalue weighted by atomic mass is 10.1. The van der Waals surface area contributed by atoms with Crippen LogP contribution in [0.15, 0.2) is 48.2 Å². The fourth-order valence-corrected chi connectivity index (χ4v) is 1.97. The van der Waals surface area contributed by atoms with Crippen LogP contribution in [-0.2, 0) is 11.3 Å². The van der Waals surface area contributed by atoms with Crippen LogP contribution in [0.5, 0.6) is 0 Å². The molecule has 1 aromatic heterocycles. The van der Waals surface area contributed by atoms with E-state index in [0.29, 0.717) is 5.56 Å². The van der Waals surface area contributed by atoms with Gasteiger partial charge in [-0.15, -0.1) is 0 Å². The Morgan fingerprint density at radius 2 is 2.05 bits per heavy atom. The topological polar surface area (TPSA) is 30.2 Å². The molecule has 0 atom stereocenters. The Bertz CT molecular complexity index is 640. The number of hydrogen-bond acceptors (Lipinski definition) is 2. The predicted molar refractivity (Wildman–Crippen MR) is 74.9 cm³/mol. The summed E-state index contributed by atoms with van der Waals surface area (Å²) in [4.78, 5) is 11.7. The summed E-state index contributed by atoms with van der Waals surface area (Å²) in [6.07, 6.45) is 3.97. The first-order valence-corrected chi connectivity index (χ1v) is 6.25. The number of aromatic nitrogens is 1. The van der Waals surface area contributed by atoms with E-state index in [1.165, 1.54) is 12.7 Å². The third kappa shape index (κ3) is 2.99. The second kappa shape index (κ2) is 5.65. The van der Waals surface area contributed by atoms with Gasteiger partial charge in [-0.25, -0.2) is 4.79 Å². The minimum Gasteiger partial charge on any atom is -0.465 e. The van der Waals surface area contributed by atoms with E-state index in [9.17, 15) is 4.79 Å². The lowest BCUT2D eigenvalue weighted by molar-refractivity contribution is -0.661. The number of ether oxygens (including phenoxy) is 1. The summed E-state index contributed by atoms with van der Waals surface area (Å²) in [6, 6.07) is 9.88. The van der Waals surface area contributed by atoms with Gasteiger partial charge < -0.3 is 4.74 Å². The average molecular weight is 256 g/mol. The zero-order valence-electron chi connectivity index (χ0n) is 11.5. The molecule has 0 saturated heterocycles. The molecular weight excluding hydrogens is 238 g/mol. The molecule has 0 N–H and O–H groups in total. The molecule has 0 spiro atoms. The van der Waals surface area contributed by atoms with Crippen molar-refractivity contribution in [1.82, 2.24) is 0 Å². The summed E-state index contributed by atoms with van der Waals surface area (Å²) in [6.45, 7) is 4.87. The molecule has 2 aromatic rings. The molecule has 0 bridgehead atoms. The van der Waals surface area contributed by atoms with E-state index >= 15 is 0 Å². The lowest BCUT2D eigenvalue weighted by Gasteiger charge is -2.03. The molecule has 2 rings (SSSR count). The number of rotatable bonds is 3. The van der Waals surface area contributed by atoms with Gasteiger partial charge in [-0.2, -0.15) is 4.57 Å². The van der Waals surface area contributed by atoms with Crippen LogP contribution >= 0.6 is 0 Å². The van der Waals surface area contributed by atoms with Crippen LogP contribution in [0.3, 0.4) is 0 Å². The van der Waals surface area contributed by atoms with Crippen LogP contribution in [0, 0.1) is 0 Å². The molecule has 19 heavy (non-hydrogen) atoms. The first-order valence-electron chi connectivity index (χ1n) is 6.25. The van der Waals surface area contributed by atoms with E-state index in [-0.39, 0.29) is 5.97 Å². The van der Waals surface area contributed by atoms with Crippen molar-refractivity contribution in [2.24, 2.45) is 0 Å². The third-order valence-corrected chi connectivity index (χ3v) is 2.97. The average Bonchev–Trinajstić information content (AvgIpc) is 2.43. The van der Waals surface area contributed by atoms with Gasteiger partial charge in [0.05, 0.1) is 7.11 Å². The SMILES string of the molecule is COC(=O)c1cc2ccccc2[n+](CC=C(C)C)c1. The van der Waals surface area contributed by atoms with Crippen molar-refractivity contribution in [3.8, 4) is 0 Å². The molecule has 0 unspecified atom stereocenters. The monoisotopic (exact) mass is 256 g/mol. The second-order valence-electron chi connectivity index (χ2n) is 4.71. The maximum atomic E-state index is 11.7. The zero-order chi connectivity index (χ0) is 13.8. The highest BCUT2D eigenvalue weighted by Gasteiger charge is 2.15. The third-order valence-electron chi connectivity index (χ3n) is 2.97. The largest absolute Gasteiger partial charge is 0.465 e. The van der Waals surface area contributed by atoms with Gasteiger partial charge in [0, 0.05) is 11.5 Å². The maximum absolute atomic E-state index is 11.7. The molecule has 98 valence electrons. The van der Waals surface area contributed by atoms with Crippen molar-refractivity contribution in [3.05, 3.63) is 53.7 Å². The number of carbonyl (C=O) groups is 1. The van der Waals surface area contributed by atoms with Crippen molar-refractivity contribution in [1.29, 1.82) is 0 Å². The highest BCUT2D eigenvalue weighted by atomic mass is 16.5. The van der Waals surface area contributed by atoms with Crippen molar-refractivity contribution >= 4 is 16.9 Å². The van der Waals surface area contributed by atoms with Gasteiger partial charge in [-0.3, -0.25) is 0 Å². The molecule has 0 saturated carbocycles. The number of hydrogen-bond donors (Lipinski definition) is 0. The fraction of sp³-hybridized carbons (Fsp3) is 0.250. The lowest BCUT2D eigenvalue weighted by Crippen LogP contribution is -2.34. The zero-order valence-corrected chi connectivity index (χ0v) is 11.5. The predicted octanol–water partition coefficient (Wildman–Crippen LogP) is 2.88. The van der Waals surface area contributed by atoms with E-state index in [1.54, 1.807) is 0 Å². The first-order chi connectivity index (χ1) is 9.11. The molecule has 0 amide bonds. The Morgan fingerprint density at radius 3 is 2.74 bits per heavy atom. The fourth-order valence-electron chi connectivity index (χ4n) is 1.97. The Balaban J connectivity index is 2.58. The summed E-state index contributed by atoms with van der Waals surface area (Å²) in [5, 5.41) is 1.03. The highest BCUT2D eigenvalue weighted by molar-refractivity contribution is 5.92. The number of para-hydroxylation sites is 1. The Kier molecular flexibility index (Phi) is 3.95. The molecular formula is C16H18NO2+. The molecule has 3 nitrogen and oxygen atoms in total. The van der Waals surface area contributed by atoms with Crippen LogP contribution in [0.2, 0.25) is 0 Å². The van der Waals surface area contributed by atoms with E-state index in [4.69, 9.17) is 4.74 Å². The molecule has 0 aliphatic carbocycles. The Morgan fingerprint density at radius 1 is 1.32 bits per heavy atom. The van der Waals surface area contributed by atoms with Crippen molar-refractivity contribution < 1.29 is 14.1 Å². The van der Waals surface area contributed by atoms with Gasteiger partial charge in [0.1, 0.15) is 5.56 Å². The summed E-state index contributed by atoms with van der Waals surface area (Å²) < 4.78 is 6.86. The van der Waals surface area contributed by atoms with Crippen LogP contribution in [0.1, 0.15) is 24.2 Å². The van der Waals surface area contributed by atoms with E-state index in [0.717, 1.165) is 17.4 Å². The van der Waals surface area contributed by atoms with E-state index in [1.807, 2.05) is 30.5 Å². The minimum atomic E-state index is -0.309. The molecule has 3 heteroatoms. The number of carbonyl (C=O) groups excluding carboxylic acids is 1. The molecule has 0 aliphatic rings. The summed E-state index contributed by atoms with van der Waals surface area (Å²) in [5.74, 6) is -0.309. The Hall–Kier alpha value is -2.16. The van der Waals surface area contributed by atoms with E-state index < -0.39 is 0 Å². The van der Waals surface area contributed by atoms with Gasteiger partial charge in [-0.1, -0.05) is 17.7 Å². The number of methoxy groups -OCH3 is 1. The number of esters is 1. The van der Waals surface area contributed by atoms with Gasteiger partial charge in [-0.05, 0) is 32.1 Å². The van der Waals surface area contributed by atoms with E-state index in [2.05, 4.69) is 30.6 Å². The highest BCUT2D eigenvalue weighted by Crippen LogP contribution is 2.12. The summed E-state index contributed by atoms with van der Waals surface area (Å²) >= 11 is 0. The first kappa shape index (κ1) is 13.3. The molecule has 0 fully saturated rings. The molecule has 0 radical (unpaired) electrons.